The van der Waals surface area contributed by atoms with Crippen LogP contribution in [0, 0.1) is 6.92 Å². The van der Waals surface area contributed by atoms with Gasteiger partial charge in [0.2, 0.25) is 5.91 Å². The summed E-state index contributed by atoms with van der Waals surface area (Å²) in [4.78, 5) is 30.1. The number of nitrogen functional groups attached to an aromatic ring is 1. The molecule has 23 heavy (non-hydrogen) atoms. The van der Waals surface area contributed by atoms with Gasteiger partial charge in [-0.3, -0.25) is 14.6 Å². The highest BCUT2D eigenvalue weighted by Gasteiger charge is 2.31. The molecule has 3 rings (SSSR count). The molecule has 6 heteroatoms. The number of rotatable bonds is 3. The zero-order valence-electron chi connectivity index (χ0n) is 12.8. The maximum atomic E-state index is 12.2. The van der Waals surface area contributed by atoms with Crippen LogP contribution >= 0.6 is 0 Å². The molecule has 2 heterocycles. The second-order valence-electron chi connectivity index (χ2n) is 5.69. The Kier molecular flexibility index (Phi) is 3.97. The van der Waals surface area contributed by atoms with Crippen molar-refractivity contribution in [1.29, 1.82) is 0 Å². The molecular weight excluding hydrogens is 292 g/mol. The quantitative estimate of drug-likeness (QED) is 0.899. The van der Waals surface area contributed by atoms with Gasteiger partial charge in [0.25, 0.3) is 5.91 Å². The lowest BCUT2D eigenvalue weighted by molar-refractivity contribution is -0.117. The lowest BCUT2D eigenvalue weighted by Crippen LogP contribution is -2.37. The molecule has 3 N–H and O–H groups in total. The molecule has 0 spiro atoms. The normalized spacial score (nSPS) is 17.3. The minimum atomic E-state index is -0.319. The molecule has 2 amide bonds. The number of nitrogens with two attached hydrogens (primary N) is 1. The van der Waals surface area contributed by atoms with Gasteiger partial charge in [0.1, 0.15) is 5.69 Å². The second-order valence-corrected chi connectivity index (χ2v) is 5.69. The third kappa shape index (κ3) is 3.31. The van der Waals surface area contributed by atoms with E-state index in [0.717, 1.165) is 11.3 Å². The minimum absolute atomic E-state index is 0.000289. The van der Waals surface area contributed by atoms with Crippen molar-refractivity contribution in [2.75, 3.05) is 17.2 Å². The minimum Gasteiger partial charge on any atom is -0.399 e. The number of aryl methyl sites for hydroxylation is 1. The lowest BCUT2D eigenvalue weighted by atomic mass is 10.2. The second kappa shape index (κ2) is 6.08. The van der Waals surface area contributed by atoms with Crippen LogP contribution in [0.4, 0.5) is 11.4 Å². The van der Waals surface area contributed by atoms with Crippen LogP contribution in [-0.4, -0.2) is 29.4 Å². The van der Waals surface area contributed by atoms with Gasteiger partial charge in [-0.2, -0.15) is 0 Å². The first-order chi connectivity index (χ1) is 11.0. The van der Waals surface area contributed by atoms with Crippen LogP contribution in [0.2, 0.25) is 0 Å². The number of hydrogen-bond donors (Lipinski definition) is 2. The number of hydrogen-bond acceptors (Lipinski definition) is 4. The standard InChI is InChI=1S/C17H18N4O2/c1-11-2-4-14(5-3-11)21-10-13(9-16(21)22)20-17(23)15-8-12(18)6-7-19-15/h2-8,13H,9-10H2,1H3,(H2,18,19)(H,20,23). The fraction of sp³-hybridized carbons (Fsp3) is 0.235. The SMILES string of the molecule is Cc1ccc(N2CC(NC(=O)c3cc(N)ccn3)CC2=O)cc1. The Balaban J connectivity index is 1.68. The fourth-order valence-corrected chi connectivity index (χ4v) is 2.61. The summed E-state index contributed by atoms with van der Waals surface area (Å²) in [5.74, 6) is -0.319. The van der Waals surface area contributed by atoms with E-state index in [1.165, 1.54) is 12.3 Å². The number of benzene rings is 1. The summed E-state index contributed by atoms with van der Waals surface area (Å²) in [5, 5.41) is 2.84. The van der Waals surface area contributed by atoms with Gasteiger partial charge in [-0.05, 0) is 31.2 Å². The van der Waals surface area contributed by atoms with Crippen molar-refractivity contribution in [2.24, 2.45) is 0 Å². The van der Waals surface area contributed by atoms with Crippen LogP contribution in [0.5, 0.6) is 0 Å². The summed E-state index contributed by atoms with van der Waals surface area (Å²) in [6.45, 7) is 2.45. The summed E-state index contributed by atoms with van der Waals surface area (Å²) in [7, 11) is 0. The smallest absolute Gasteiger partial charge is 0.270 e. The van der Waals surface area contributed by atoms with Crippen molar-refractivity contribution < 1.29 is 9.59 Å². The molecule has 0 bridgehead atoms. The van der Waals surface area contributed by atoms with Crippen molar-refractivity contribution in [3.8, 4) is 0 Å². The van der Waals surface area contributed by atoms with Gasteiger partial charge >= 0.3 is 0 Å². The van der Waals surface area contributed by atoms with Crippen LogP contribution in [0.1, 0.15) is 22.5 Å². The molecule has 0 aliphatic carbocycles. The maximum absolute atomic E-state index is 12.2. The predicted molar refractivity (Wildman–Crippen MR) is 88.1 cm³/mol. The maximum Gasteiger partial charge on any atom is 0.270 e. The summed E-state index contributed by atoms with van der Waals surface area (Å²) in [5.41, 5.74) is 8.37. The lowest BCUT2D eigenvalue weighted by Gasteiger charge is -2.17. The van der Waals surface area contributed by atoms with E-state index in [0.29, 0.717) is 12.2 Å². The Hall–Kier alpha value is -2.89. The van der Waals surface area contributed by atoms with Gasteiger partial charge in [0.15, 0.2) is 0 Å². The van der Waals surface area contributed by atoms with Crippen LogP contribution < -0.4 is 16.0 Å². The molecular formula is C17H18N4O2. The van der Waals surface area contributed by atoms with Crippen molar-refractivity contribution >= 4 is 23.2 Å². The Labute approximate surface area is 134 Å². The third-order valence-corrected chi connectivity index (χ3v) is 3.82. The Morgan fingerprint density at radius 2 is 2.04 bits per heavy atom. The van der Waals surface area contributed by atoms with Gasteiger partial charge in [-0.15, -0.1) is 0 Å². The van der Waals surface area contributed by atoms with Crippen LogP contribution in [0.15, 0.2) is 42.6 Å². The van der Waals surface area contributed by atoms with E-state index in [2.05, 4.69) is 10.3 Å². The Morgan fingerprint density at radius 1 is 1.30 bits per heavy atom. The molecule has 2 aromatic rings. The van der Waals surface area contributed by atoms with Crippen LogP contribution in [-0.2, 0) is 4.79 Å². The van der Waals surface area contributed by atoms with Crippen molar-refractivity contribution in [2.45, 2.75) is 19.4 Å². The monoisotopic (exact) mass is 310 g/mol. The van der Waals surface area contributed by atoms with Gasteiger partial charge in [-0.25, -0.2) is 0 Å². The zero-order valence-corrected chi connectivity index (χ0v) is 12.8. The van der Waals surface area contributed by atoms with E-state index < -0.39 is 0 Å². The number of nitrogens with one attached hydrogen (secondary N) is 1. The predicted octanol–water partition coefficient (Wildman–Crippen LogP) is 1.51. The fourth-order valence-electron chi connectivity index (χ4n) is 2.61. The van der Waals surface area contributed by atoms with E-state index in [1.807, 2.05) is 31.2 Å². The molecule has 0 radical (unpaired) electrons. The van der Waals surface area contributed by atoms with Gasteiger partial charge in [0.05, 0.1) is 6.04 Å². The zero-order chi connectivity index (χ0) is 16.4. The number of carbonyl (C=O) groups is 2. The Bertz CT molecular complexity index is 743. The van der Waals surface area contributed by atoms with Gasteiger partial charge in [0, 0.05) is 30.5 Å². The molecule has 1 fully saturated rings. The van der Waals surface area contributed by atoms with Crippen molar-refractivity contribution in [1.82, 2.24) is 10.3 Å². The summed E-state index contributed by atoms with van der Waals surface area (Å²) < 4.78 is 0. The summed E-state index contributed by atoms with van der Waals surface area (Å²) in [6.07, 6.45) is 1.77. The highest BCUT2D eigenvalue weighted by atomic mass is 16.2. The molecule has 1 aliphatic rings. The van der Waals surface area contributed by atoms with Gasteiger partial charge in [-0.1, -0.05) is 17.7 Å². The van der Waals surface area contributed by atoms with Crippen molar-refractivity contribution in [3.05, 3.63) is 53.9 Å². The molecule has 1 unspecified atom stereocenters. The average Bonchev–Trinajstić information content (AvgIpc) is 2.88. The third-order valence-electron chi connectivity index (χ3n) is 3.82. The first kappa shape index (κ1) is 15.0. The highest BCUT2D eigenvalue weighted by Crippen LogP contribution is 2.22. The number of amides is 2. The first-order valence-corrected chi connectivity index (χ1v) is 7.42. The molecule has 1 aliphatic heterocycles. The average molecular weight is 310 g/mol. The van der Waals surface area contributed by atoms with E-state index >= 15 is 0 Å². The molecule has 1 aromatic heterocycles. The molecule has 118 valence electrons. The van der Waals surface area contributed by atoms with E-state index in [1.54, 1.807) is 11.0 Å². The molecule has 1 saturated heterocycles. The van der Waals surface area contributed by atoms with E-state index in [9.17, 15) is 9.59 Å². The Morgan fingerprint density at radius 3 is 2.74 bits per heavy atom. The number of aromatic nitrogens is 1. The molecule has 1 aromatic carbocycles. The van der Waals surface area contributed by atoms with Gasteiger partial charge < -0.3 is 16.0 Å². The molecule has 6 nitrogen and oxygen atoms in total. The number of nitrogens with zero attached hydrogens (tertiary/aromatic N) is 2. The number of pyridine rings is 1. The highest BCUT2D eigenvalue weighted by molar-refractivity contribution is 5.98. The van der Waals surface area contributed by atoms with Crippen molar-refractivity contribution in [3.63, 3.8) is 0 Å². The summed E-state index contributed by atoms with van der Waals surface area (Å²) >= 11 is 0. The number of anilines is 2. The largest absolute Gasteiger partial charge is 0.399 e. The summed E-state index contributed by atoms with van der Waals surface area (Å²) in [6, 6.07) is 10.7. The van der Waals surface area contributed by atoms with E-state index in [-0.39, 0.29) is 30.0 Å². The molecule has 1 atom stereocenters. The number of carbonyl (C=O) groups excluding carboxylic acids is 2. The first-order valence-electron chi connectivity index (χ1n) is 7.42. The van der Waals surface area contributed by atoms with E-state index in [4.69, 9.17) is 5.73 Å². The topological polar surface area (TPSA) is 88.3 Å². The van der Waals surface area contributed by atoms with Crippen LogP contribution in [0.25, 0.3) is 0 Å². The molecule has 0 saturated carbocycles. The van der Waals surface area contributed by atoms with Crippen LogP contribution in [0.3, 0.4) is 0 Å².